The number of ether oxygens (including phenoxy) is 2. The number of hydrogen-bond acceptors (Lipinski definition) is 4. The van der Waals surface area contributed by atoms with Gasteiger partial charge in [-0.3, -0.25) is 9.59 Å². The van der Waals surface area contributed by atoms with Crippen molar-refractivity contribution >= 4 is 11.9 Å². The van der Waals surface area contributed by atoms with Gasteiger partial charge in [-0.25, -0.2) is 0 Å². The highest BCUT2D eigenvalue weighted by atomic mass is 16.5. The number of carbonyl (C=O) groups is 2. The van der Waals surface area contributed by atoms with Crippen LogP contribution in [0.5, 0.6) is 0 Å². The largest absolute Gasteiger partial charge is 0.466 e. The first-order chi connectivity index (χ1) is 29.6. The number of hydrogen-bond donors (Lipinski definition) is 0. The standard InChI is InChI=1S/C34H68O2.C22H44O2/c1-3-5-7-9-11-13-15-17-19-20-22-24-26-28-30-32-34(35)36-33-31-29-27-25-23-21-18-16-14-12-10-8-6-4-2;1-3-5-7-8-9-10-11-12-13-14-15-16-17-18-19-20-22(23)24-21-6-4-2/h3-33H2,1-2H3;3-21H2,1-2H3. The molecule has 0 saturated carbocycles. The molecule has 0 aromatic rings. The molecule has 0 spiro atoms. The van der Waals surface area contributed by atoms with E-state index in [2.05, 4.69) is 27.7 Å². The van der Waals surface area contributed by atoms with Gasteiger partial charge in [0.2, 0.25) is 0 Å². The molecule has 0 aromatic heterocycles. The maximum atomic E-state index is 11.9. The summed E-state index contributed by atoms with van der Waals surface area (Å²) in [7, 11) is 0. The SMILES string of the molecule is CCCCCCCCCCCCCCCCCC(=O)OCCCC.CCCCCCCCCCCCCCCCCC(=O)OCCCCCCCCCCCCCCCC. The summed E-state index contributed by atoms with van der Waals surface area (Å²) in [5.74, 6) is 0.0255. The van der Waals surface area contributed by atoms with Crippen LogP contribution in [-0.2, 0) is 19.1 Å². The van der Waals surface area contributed by atoms with E-state index in [4.69, 9.17) is 9.47 Å². The lowest BCUT2D eigenvalue weighted by molar-refractivity contribution is -0.144. The summed E-state index contributed by atoms with van der Waals surface area (Å²) in [4.78, 5) is 23.3. The summed E-state index contributed by atoms with van der Waals surface area (Å²) < 4.78 is 10.6. The molecule has 0 atom stereocenters. The van der Waals surface area contributed by atoms with Crippen molar-refractivity contribution in [1.82, 2.24) is 0 Å². The van der Waals surface area contributed by atoms with Crippen LogP contribution in [0.25, 0.3) is 0 Å². The molecule has 0 saturated heterocycles. The molecule has 0 aromatic carbocycles. The predicted octanol–water partition coefficient (Wildman–Crippen LogP) is 19.9. The Bertz CT molecular complexity index is 745. The van der Waals surface area contributed by atoms with Gasteiger partial charge >= 0.3 is 11.9 Å². The van der Waals surface area contributed by atoms with E-state index in [1.54, 1.807) is 0 Å². The van der Waals surface area contributed by atoms with Gasteiger partial charge in [-0.2, -0.15) is 0 Å². The van der Waals surface area contributed by atoms with E-state index < -0.39 is 0 Å². The van der Waals surface area contributed by atoms with Crippen molar-refractivity contribution in [1.29, 1.82) is 0 Å². The minimum Gasteiger partial charge on any atom is -0.466 e. The first kappa shape index (κ1) is 61.0. The zero-order chi connectivity index (χ0) is 43.9. The lowest BCUT2D eigenvalue weighted by Gasteiger charge is -2.06. The average Bonchev–Trinajstić information content (AvgIpc) is 3.25. The van der Waals surface area contributed by atoms with Crippen molar-refractivity contribution < 1.29 is 19.1 Å². The first-order valence-corrected chi connectivity index (χ1v) is 27.9. The lowest BCUT2D eigenvalue weighted by Crippen LogP contribution is -2.05. The Morgan fingerprint density at radius 2 is 0.383 bits per heavy atom. The summed E-state index contributed by atoms with van der Waals surface area (Å²) in [5.41, 5.74) is 0. The van der Waals surface area contributed by atoms with Crippen LogP contribution in [-0.4, -0.2) is 25.2 Å². The number of esters is 2. The Morgan fingerprint density at radius 3 is 0.600 bits per heavy atom. The van der Waals surface area contributed by atoms with Gasteiger partial charge in [-0.15, -0.1) is 0 Å². The van der Waals surface area contributed by atoms with Gasteiger partial charge in [-0.05, 0) is 25.7 Å². The zero-order valence-electron chi connectivity index (χ0n) is 42.0. The van der Waals surface area contributed by atoms with E-state index in [-0.39, 0.29) is 11.9 Å². The normalized spacial score (nSPS) is 11.1. The molecule has 0 heterocycles. The Balaban J connectivity index is 0. The Hall–Kier alpha value is -1.06. The molecular weight excluding hydrogens is 737 g/mol. The van der Waals surface area contributed by atoms with E-state index in [0.717, 1.165) is 32.1 Å². The predicted molar refractivity (Wildman–Crippen MR) is 266 cm³/mol. The van der Waals surface area contributed by atoms with Crippen LogP contribution in [0.2, 0.25) is 0 Å². The van der Waals surface area contributed by atoms with Crippen LogP contribution in [0.4, 0.5) is 0 Å². The molecule has 0 unspecified atom stereocenters. The maximum absolute atomic E-state index is 11.9. The second kappa shape index (κ2) is 57.9. The fourth-order valence-electron chi connectivity index (χ4n) is 8.24. The second-order valence-corrected chi connectivity index (χ2v) is 18.8. The van der Waals surface area contributed by atoms with Gasteiger partial charge in [0.15, 0.2) is 0 Å². The maximum Gasteiger partial charge on any atom is 0.305 e. The quantitative estimate of drug-likeness (QED) is 0.0452. The van der Waals surface area contributed by atoms with Crippen LogP contribution < -0.4 is 0 Å². The molecule has 0 aliphatic carbocycles. The van der Waals surface area contributed by atoms with Crippen LogP contribution >= 0.6 is 0 Å². The van der Waals surface area contributed by atoms with Crippen molar-refractivity contribution in [3.8, 4) is 0 Å². The summed E-state index contributed by atoms with van der Waals surface area (Å²) >= 11 is 0. The van der Waals surface area contributed by atoms with Crippen molar-refractivity contribution in [2.45, 2.75) is 336 Å². The fraction of sp³-hybridized carbons (Fsp3) is 0.964. The van der Waals surface area contributed by atoms with Crippen molar-refractivity contribution in [3.05, 3.63) is 0 Å². The Morgan fingerprint density at radius 1 is 0.217 bits per heavy atom. The van der Waals surface area contributed by atoms with Crippen LogP contribution in [0.3, 0.4) is 0 Å². The number of rotatable bonds is 50. The molecular formula is C56H112O4. The summed E-state index contributed by atoms with van der Waals surface area (Å²) in [5, 5.41) is 0. The highest BCUT2D eigenvalue weighted by Gasteiger charge is 2.04. The molecule has 0 aliphatic heterocycles. The van der Waals surface area contributed by atoms with Gasteiger partial charge in [-0.1, -0.05) is 297 Å². The third-order valence-electron chi connectivity index (χ3n) is 12.5. The lowest BCUT2D eigenvalue weighted by atomic mass is 10.0. The Labute approximate surface area is 378 Å². The minimum atomic E-state index is -0.00172. The van der Waals surface area contributed by atoms with Gasteiger partial charge in [0.1, 0.15) is 0 Å². The molecule has 60 heavy (non-hydrogen) atoms. The van der Waals surface area contributed by atoms with Crippen LogP contribution in [0.1, 0.15) is 336 Å². The number of carbonyl (C=O) groups excluding carboxylic acids is 2. The first-order valence-electron chi connectivity index (χ1n) is 27.9. The molecule has 0 rings (SSSR count). The molecule has 360 valence electrons. The summed E-state index contributed by atoms with van der Waals surface area (Å²) in [6, 6.07) is 0. The molecule has 4 nitrogen and oxygen atoms in total. The number of unbranched alkanes of at least 4 members (excludes halogenated alkanes) is 42. The van der Waals surface area contributed by atoms with Gasteiger partial charge < -0.3 is 9.47 Å². The molecule has 4 heteroatoms. The van der Waals surface area contributed by atoms with Crippen molar-refractivity contribution in [2.24, 2.45) is 0 Å². The highest BCUT2D eigenvalue weighted by molar-refractivity contribution is 5.69. The minimum absolute atomic E-state index is 0.00172. The average molecular weight is 850 g/mol. The summed E-state index contributed by atoms with van der Waals surface area (Å²) in [6.45, 7) is 10.2. The van der Waals surface area contributed by atoms with E-state index >= 15 is 0 Å². The van der Waals surface area contributed by atoms with E-state index in [0.29, 0.717) is 26.1 Å². The molecule has 0 amide bonds. The van der Waals surface area contributed by atoms with Crippen LogP contribution in [0.15, 0.2) is 0 Å². The van der Waals surface area contributed by atoms with Gasteiger partial charge in [0.05, 0.1) is 13.2 Å². The van der Waals surface area contributed by atoms with Gasteiger partial charge in [0, 0.05) is 12.8 Å². The van der Waals surface area contributed by atoms with Gasteiger partial charge in [0.25, 0.3) is 0 Å². The molecule has 0 aliphatic rings. The van der Waals surface area contributed by atoms with E-state index in [9.17, 15) is 9.59 Å². The molecule has 0 fully saturated rings. The smallest absolute Gasteiger partial charge is 0.305 e. The fourth-order valence-corrected chi connectivity index (χ4v) is 8.24. The second-order valence-electron chi connectivity index (χ2n) is 18.8. The molecule has 0 radical (unpaired) electrons. The third kappa shape index (κ3) is 59.0. The monoisotopic (exact) mass is 849 g/mol. The zero-order valence-corrected chi connectivity index (χ0v) is 42.0. The van der Waals surface area contributed by atoms with Crippen molar-refractivity contribution in [3.63, 3.8) is 0 Å². The van der Waals surface area contributed by atoms with Crippen LogP contribution in [0, 0.1) is 0 Å². The van der Waals surface area contributed by atoms with Crippen molar-refractivity contribution in [2.75, 3.05) is 13.2 Å². The van der Waals surface area contributed by atoms with E-state index in [1.165, 1.54) is 263 Å². The molecule has 0 bridgehead atoms. The molecule has 0 N–H and O–H groups in total. The topological polar surface area (TPSA) is 52.6 Å². The van der Waals surface area contributed by atoms with E-state index in [1.807, 2.05) is 0 Å². The summed E-state index contributed by atoms with van der Waals surface area (Å²) in [6.07, 6.45) is 63.2. The highest BCUT2D eigenvalue weighted by Crippen LogP contribution is 2.17. The Kier molecular flexibility index (Phi) is 58.9. The third-order valence-corrected chi connectivity index (χ3v) is 12.5.